The van der Waals surface area contributed by atoms with Crippen molar-refractivity contribution in [2.45, 2.75) is 32.2 Å². The van der Waals surface area contributed by atoms with E-state index in [4.69, 9.17) is 4.74 Å². The maximum Gasteiger partial charge on any atom is 0.416 e. The largest absolute Gasteiger partial charge is 0.485 e. The third kappa shape index (κ3) is 7.53. The minimum absolute atomic E-state index is 0.0174. The number of benzene rings is 2. The number of carbonyl (C=O) groups is 2. The molecule has 0 saturated carbocycles. The van der Waals surface area contributed by atoms with Crippen LogP contribution in [-0.2, 0) is 16.2 Å². The van der Waals surface area contributed by atoms with Crippen LogP contribution in [0.4, 0.5) is 29.3 Å². The number of anilines is 2. The van der Waals surface area contributed by atoms with E-state index in [9.17, 15) is 36.3 Å². The summed E-state index contributed by atoms with van der Waals surface area (Å²) in [6.07, 6.45) is -4.29. The number of aliphatic hydroxyl groups is 1. The van der Waals surface area contributed by atoms with Crippen LogP contribution in [0.25, 0.3) is 0 Å². The number of urea groups is 1. The van der Waals surface area contributed by atoms with Gasteiger partial charge in [-0.05, 0) is 43.3 Å². The molecule has 214 valence electrons. The monoisotopic (exact) mass is 572 g/mol. The van der Waals surface area contributed by atoms with E-state index in [1.165, 1.54) is 35.0 Å². The maximum absolute atomic E-state index is 13.4. The van der Waals surface area contributed by atoms with Gasteiger partial charge in [0, 0.05) is 25.2 Å². The van der Waals surface area contributed by atoms with Crippen LogP contribution >= 0.6 is 0 Å². The maximum atomic E-state index is 13.4. The van der Waals surface area contributed by atoms with E-state index in [0.717, 1.165) is 30.5 Å². The highest BCUT2D eigenvalue weighted by Crippen LogP contribution is 2.35. The zero-order valence-electron chi connectivity index (χ0n) is 21.8. The molecule has 39 heavy (non-hydrogen) atoms. The molecule has 0 radical (unpaired) electrons. The van der Waals surface area contributed by atoms with Crippen molar-refractivity contribution < 1.29 is 41.0 Å². The number of hydrogen-bond donors (Lipinski definition) is 3. The van der Waals surface area contributed by atoms with Crippen molar-refractivity contribution in [1.29, 1.82) is 0 Å². The molecule has 1 heterocycles. The number of nitrogens with one attached hydrogen (secondary N) is 2. The summed E-state index contributed by atoms with van der Waals surface area (Å²) in [4.78, 5) is 29.0. The first-order valence-corrected chi connectivity index (χ1v) is 13.9. The van der Waals surface area contributed by atoms with Gasteiger partial charge in [-0.2, -0.15) is 13.2 Å². The summed E-state index contributed by atoms with van der Waals surface area (Å²) in [5.74, 6) is -0.859. The molecule has 0 aliphatic carbocycles. The highest BCUT2D eigenvalue weighted by Gasteiger charge is 2.35. The van der Waals surface area contributed by atoms with Gasteiger partial charge in [-0.25, -0.2) is 13.2 Å². The van der Waals surface area contributed by atoms with Crippen molar-refractivity contribution in [2.75, 3.05) is 43.0 Å². The van der Waals surface area contributed by atoms with Gasteiger partial charge in [0.15, 0.2) is 5.75 Å². The molecule has 2 aromatic carbocycles. The standard InChI is InChI=1S/C25H31F3N4O6S/c1-15-12-32(16(2)14-33)23(34)19-6-5-7-20(30-39(4,36)37)22(19)38-21(15)13-31(3)24(35)29-18-10-8-17(9-11-18)25(26,27)28/h5-11,15-16,21,30,33H,12-14H2,1-4H3,(H,29,35)/t15-,16-,21-/m1/s1. The Morgan fingerprint density at radius 3 is 2.44 bits per heavy atom. The molecule has 3 N–H and O–H groups in total. The topological polar surface area (TPSA) is 128 Å². The molecule has 0 fully saturated rings. The normalized spacial score (nSPS) is 18.8. The Morgan fingerprint density at radius 2 is 1.87 bits per heavy atom. The van der Waals surface area contributed by atoms with E-state index in [1.54, 1.807) is 13.8 Å². The van der Waals surface area contributed by atoms with Crippen molar-refractivity contribution in [1.82, 2.24) is 9.80 Å². The SMILES string of the molecule is C[C@@H]1CN([C@H](C)CO)C(=O)c2cccc(NS(C)(=O)=O)c2O[C@@H]1CN(C)C(=O)Nc1ccc(C(F)(F)F)cc1. The average molecular weight is 573 g/mol. The van der Waals surface area contributed by atoms with Crippen LogP contribution in [0, 0.1) is 5.92 Å². The Hall–Kier alpha value is -3.52. The number of hydrogen-bond acceptors (Lipinski definition) is 6. The number of sulfonamides is 1. The third-order valence-electron chi connectivity index (χ3n) is 6.25. The molecule has 3 atom stereocenters. The van der Waals surface area contributed by atoms with E-state index in [2.05, 4.69) is 10.0 Å². The molecule has 10 nitrogen and oxygen atoms in total. The molecule has 1 aliphatic rings. The van der Waals surface area contributed by atoms with Gasteiger partial charge >= 0.3 is 12.2 Å². The van der Waals surface area contributed by atoms with Gasteiger partial charge in [-0.3, -0.25) is 9.52 Å². The molecule has 14 heteroatoms. The zero-order valence-corrected chi connectivity index (χ0v) is 22.6. The van der Waals surface area contributed by atoms with Gasteiger partial charge in [0.1, 0.15) is 6.10 Å². The molecular formula is C25H31F3N4O6S. The van der Waals surface area contributed by atoms with Crippen LogP contribution in [0.3, 0.4) is 0 Å². The fraction of sp³-hybridized carbons (Fsp3) is 0.440. The Balaban J connectivity index is 1.89. The highest BCUT2D eigenvalue weighted by atomic mass is 32.2. The number of para-hydroxylation sites is 1. The Bertz CT molecular complexity index is 1300. The summed E-state index contributed by atoms with van der Waals surface area (Å²) in [6.45, 7) is 3.30. The summed E-state index contributed by atoms with van der Waals surface area (Å²) in [6, 6.07) is 7.25. The van der Waals surface area contributed by atoms with E-state index in [-0.39, 0.29) is 48.3 Å². The van der Waals surface area contributed by atoms with Crippen LogP contribution in [0.5, 0.6) is 5.75 Å². The quantitative estimate of drug-likeness (QED) is 0.466. The average Bonchev–Trinajstić information content (AvgIpc) is 2.84. The van der Waals surface area contributed by atoms with Crippen molar-refractivity contribution in [2.24, 2.45) is 5.92 Å². The van der Waals surface area contributed by atoms with Crippen molar-refractivity contribution in [3.05, 3.63) is 53.6 Å². The van der Waals surface area contributed by atoms with Crippen LogP contribution < -0.4 is 14.8 Å². The number of ether oxygens (including phenoxy) is 1. The lowest BCUT2D eigenvalue weighted by Crippen LogP contribution is -2.50. The second kappa shape index (κ2) is 11.7. The number of alkyl halides is 3. The molecule has 2 aromatic rings. The van der Waals surface area contributed by atoms with Crippen molar-refractivity contribution >= 4 is 33.3 Å². The van der Waals surface area contributed by atoms with E-state index >= 15 is 0 Å². The smallest absolute Gasteiger partial charge is 0.416 e. The molecule has 0 bridgehead atoms. The summed E-state index contributed by atoms with van der Waals surface area (Å²) in [5.41, 5.74) is -0.572. The summed E-state index contributed by atoms with van der Waals surface area (Å²) in [7, 11) is -2.27. The number of rotatable bonds is 7. The molecule has 0 spiro atoms. The van der Waals surface area contributed by atoms with E-state index in [1.807, 2.05) is 0 Å². The Morgan fingerprint density at radius 1 is 1.23 bits per heavy atom. The Labute approximate surface area is 224 Å². The first-order valence-electron chi connectivity index (χ1n) is 12.0. The van der Waals surface area contributed by atoms with Gasteiger partial charge in [0.05, 0.1) is 42.3 Å². The minimum Gasteiger partial charge on any atom is -0.485 e. The van der Waals surface area contributed by atoms with Gasteiger partial charge in [-0.1, -0.05) is 13.0 Å². The lowest BCUT2D eigenvalue weighted by Gasteiger charge is -2.38. The zero-order chi connectivity index (χ0) is 29.1. The molecule has 3 rings (SSSR count). The fourth-order valence-corrected chi connectivity index (χ4v) is 4.62. The molecule has 0 aromatic heterocycles. The molecular weight excluding hydrogens is 541 g/mol. The summed E-state index contributed by atoms with van der Waals surface area (Å²) < 4.78 is 71.0. The minimum atomic E-state index is -4.51. The Kier molecular flexibility index (Phi) is 9.01. The van der Waals surface area contributed by atoms with Crippen LogP contribution in [0.15, 0.2) is 42.5 Å². The van der Waals surface area contributed by atoms with Crippen LogP contribution in [0.2, 0.25) is 0 Å². The van der Waals surface area contributed by atoms with Crippen LogP contribution in [0.1, 0.15) is 29.8 Å². The first-order chi connectivity index (χ1) is 18.1. The fourth-order valence-electron chi connectivity index (χ4n) is 4.06. The second-order valence-electron chi connectivity index (χ2n) is 9.56. The van der Waals surface area contributed by atoms with Gasteiger partial charge in [-0.15, -0.1) is 0 Å². The number of fused-ring (bicyclic) bond motifs is 1. The van der Waals surface area contributed by atoms with E-state index in [0.29, 0.717) is 0 Å². The van der Waals surface area contributed by atoms with Gasteiger partial charge in [0.2, 0.25) is 10.0 Å². The van der Waals surface area contributed by atoms with Crippen LogP contribution in [-0.4, -0.2) is 80.4 Å². The number of halogens is 3. The lowest BCUT2D eigenvalue weighted by molar-refractivity contribution is -0.137. The first kappa shape index (κ1) is 30.0. The number of aliphatic hydroxyl groups excluding tert-OH is 1. The second-order valence-corrected chi connectivity index (χ2v) is 11.3. The number of likely N-dealkylation sites (N-methyl/N-ethyl adjacent to an activating group) is 1. The van der Waals surface area contributed by atoms with Crippen molar-refractivity contribution in [3.8, 4) is 5.75 Å². The lowest BCUT2D eigenvalue weighted by atomic mass is 9.99. The summed E-state index contributed by atoms with van der Waals surface area (Å²) >= 11 is 0. The molecule has 1 aliphatic heterocycles. The molecule has 0 unspecified atom stereocenters. The predicted octanol–water partition coefficient (Wildman–Crippen LogP) is 3.46. The third-order valence-corrected chi connectivity index (χ3v) is 6.84. The number of nitrogens with zero attached hydrogens (tertiary/aromatic N) is 2. The predicted molar refractivity (Wildman–Crippen MR) is 139 cm³/mol. The number of amides is 3. The highest BCUT2D eigenvalue weighted by molar-refractivity contribution is 7.92. The molecule has 3 amide bonds. The molecule has 0 saturated heterocycles. The van der Waals surface area contributed by atoms with Gasteiger partial charge in [0.25, 0.3) is 5.91 Å². The van der Waals surface area contributed by atoms with Crippen molar-refractivity contribution in [3.63, 3.8) is 0 Å². The summed E-state index contributed by atoms with van der Waals surface area (Å²) in [5, 5.41) is 12.3. The number of carbonyl (C=O) groups excluding carboxylic acids is 2. The van der Waals surface area contributed by atoms with E-state index < -0.39 is 45.8 Å². The van der Waals surface area contributed by atoms with Gasteiger partial charge < -0.3 is 25.0 Å².